The molecule has 23 heavy (non-hydrogen) atoms. The van der Waals surface area contributed by atoms with Gasteiger partial charge in [0.2, 0.25) is 0 Å². The maximum atomic E-state index is 12.1. The van der Waals surface area contributed by atoms with Gasteiger partial charge in [-0.15, -0.1) is 0 Å². The van der Waals surface area contributed by atoms with Gasteiger partial charge in [0.1, 0.15) is 5.15 Å². The minimum Gasteiger partial charge on any atom is -0.307 e. The van der Waals surface area contributed by atoms with Crippen molar-refractivity contribution in [3.05, 3.63) is 34.7 Å². The van der Waals surface area contributed by atoms with Crippen LogP contribution in [-0.4, -0.2) is 20.8 Å². The summed E-state index contributed by atoms with van der Waals surface area (Å²) >= 11 is 5.85. The zero-order chi connectivity index (χ0) is 17.0. The van der Waals surface area contributed by atoms with Crippen LogP contribution in [-0.2, 0) is 0 Å². The fourth-order valence-corrected chi connectivity index (χ4v) is 2.61. The fourth-order valence-electron chi connectivity index (χ4n) is 2.46. The molecule has 6 nitrogen and oxygen atoms in total. The van der Waals surface area contributed by atoms with E-state index in [1.165, 1.54) is 0 Å². The summed E-state index contributed by atoms with van der Waals surface area (Å²) in [6.45, 7) is 8.10. The molecule has 2 N–H and O–H groups in total. The second-order valence-corrected chi connectivity index (χ2v) is 5.87. The Balaban J connectivity index is 2.09. The molecule has 2 aromatic rings. The van der Waals surface area contributed by atoms with Crippen LogP contribution < -0.4 is 10.6 Å². The van der Waals surface area contributed by atoms with Gasteiger partial charge in [0.25, 0.3) is 0 Å². The Morgan fingerprint density at radius 2 is 1.96 bits per heavy atom. The molecule has 2 amide bonds. The van der Waals surface area contributed by atoms with Gasteiger partial charge < -0.3 is 5.32 Å². The van der Waals surface area contributed by atoms with Crippen molar-refractivity contribution in [1.29, 1.82) is 0 Å². The van der Waals surface area contributed by atoms with E-state index in [1.54, 1.807) is 12.3 Å². The molecule has 2 aromatic heterocycles. The molecule has 0 aliphatic heterocycles. The molecule has 0 aliphatic carbocycles. The number of nitrogens with zero attached hydrogens (tertiary/aromatic N) is 3. The summed E-state index contributed by atoms with van der Waals surface area (Å²) in [5.74, 6) is 0.532. The molecule has 0 atom stereocenters. The van der Waals surface area contributed by atoms with Crippen LogP contribution in [0.25, 0.3) is 0 Å². The first kappa shape index (κ1) is 17.3. The number of rotatable bonds is 5. The predicted octanol–water partition coefficient (Wildman–Crippen LogP) is 4.55. The van der Waals surface area contributed by atoms with Crippen LogP contribution in [0.4, 0.5) is 16.3 Å². The third kappa shape index (κ3) is 4.22. The smallest absolute Gasteiger partial charge is 0.307 e. The van der Waals surface area contributed by atoms with Crippen LogP contribution >= 0.6 is 11.6 Å². The number of hydrogen-bond donors (Lipinski definition) is 2. The number of nitrogens with one attached hydrogen (secondary N) is 2. The molecule has 0 bridgehead atoms. The molecule has 124 valence electrons. The summed E-state index contributed by atoms with van der Waals surface area (Å²) in [4.78, 5) is 16.1. The Labute approximate surface area is 141 Å². The monoisotopic (exact) mass is 335 g/mol. The Hall–Kier alpha value is -2.08. The number of urea groups is 1. The van der Waals surface area contributed by atoms with Crippen LogP contribution in [0, 0.1) is 13.8 Å². The summed E-state index contributed by atoms with van der Waals surface area (Å²) < 4.78 is 1.96. The van der Waals surface area contributed by atoms with Crippen LogP contribution in [0.3, 0.4) is 0 Å². The molecule has 0 fully saturated rings. The SMILES string of the molecule is CCC(CC)n1nc(NC(=O)Nc2cc(Cl)ncc2C)cc1C. The molecule has 0 aliphatic rings. The second-order valence-electron chi connectivity index (χ2n) is 5.49. The standard InChI is InChI=1S/C16H22ClN5O/c1-5-12(6-2)22-11(4)7-15(21-22)20-16(23)19-13-8-14(17)18-9-10(13)3/h7-9,12H,5-6H2,1-4H3,(H2,18,19,20,21,23). The highest BCUT2D eigenvalue weighted by Crippen LogP contribution is 2.21. The number of halogens is 1. The Kier molecular flexibility index (Phi) is 5.60. The molecule has 0 radical (unpaired) electrons. The van der Waals surface area contributed by atoms with Crippen molar-refractivity contribution in [2.24, 2.45) is 0 Å². The predicted molar refractivity (Wildman–Crippen MR) is 93.2 cm³/mol. The lowest BCUT2D eigenvalue weighted by Gasteiger charge is -2.14. The Morgan fingerprint density at radius 1 is 1.26 bits per heavy atom. The number of aromatic nitrogens is 3. The molecule has 2 heterocycles. The summed E-state index contributed by atoms with van der Waals surface area (Å²) in [5.41, 5.74) is 2.49. The molecule has 0 saturated carbocycles. The molecule has 7 heteroatoms. The van der Waals surface area contributed by atoms with Crippen LogP contribution in [0.5, 0.6) is 0 Å². The number of amides is 2. The van der Waals surface area contributed by atoms with Gasteiger partial charge in [-0.2, -0.15) is 5.10 Å². The Bertz CT molecular complexity index is 694. The lowest BCUT2D eigenvalue weighted by molar-refractivity contribution is 0.262. The molecule has 0 spiro atoms. The van der Waals surface area contributed by atoms with E-state index in [9.17, 15) is 4.79 Å². The van der Waals surface area contributed by atoms with Crippen LogP contribution in [0.15, 0.2) is 18.3 Å². The minimum absolute atomic E-state index is 0.333. The number of carbonyl (C=O) groups is 1. The van der Waals surface area contributed by atoms with Gasteiger partial charge in [-0.25, -0.2) is 9.78 Å². The van der Waals surface area contributed by atoms with Crippen LogP contribution in [0.1, 0.15) is 44.0 Å². The Morgan fingerprint density at radius 3 is 2.61 bits per heavy atom. The third-order valence-electron chi connectivity index (χ3n) is 3.77. The molecule has 0 unspecified atom stereocenters. The van der Waals surface area contributed by atoms with E-state index in [0.717, 1.165) is 24.1 Å². The van der Waals surface area contributed by atoms with E-state index in [0.29, 0.717) is 22.7 Å². The fraction of sp³-hybridized carbons (Fsp3) is 0.438. The molecular formula is C16H22ClN5O. The largest absolute Gasteiger partial charge is 0.324 e. The molecular weight excluding hydrogens is 314 g/mol. The van der Waals surface area contributed by atoms with Gasteiger partial charge in [0.15, 0.2) is 5.82 Å². The zero-order valence-electron chi connectivity index (χ0n) is 13.9. The van der Waals surface area contributed by atoms with Gasteiger partial charge >= 0.3 is 6.03 Å². The third-order valence-corrected chi connectivity index (χ3v) is 3.98. The van der Waals surface area contributed by atoms with Crippen molar-refractivity contribution in [3.8, 4) is 0 Å². The van der Waals surface area contributed by atoms with E-state index in [-0.39, 0.29) is 6.03 Å². The molecule has 0 saturated heterocycles. The number of aryl methyl sites for hydroxylation is 2. The van der Waals surface area contributed by atoms with Crippen molar-refractivity contribution in [2.75, 3.05) is 10.6 Å². The van der Waals surface area contributed by atoms with E-state index >= 15 is 0 Å². The van der Waals surface area contributed by atoms with E-state index in [4.69, 9.17) is 11.6 Å². The van der Waals surface area contributed by atoms with Crippen molar-refractivity contribution < 1.29 is 4.79 Å². The lowest BCUT2D eigenvalue weighted by Crippen LogP contribution is -2.20. The first-order valence-corrected chi connectivity index (χ1v) is 8.08. The summed E-state index contributed by atoms with van der Waals surface area (Å²) in [6.07, 6.45) is 3.61. The van der Waals surface area contributed by atoms with Crippen LogP contribution in [0.2, 0.25) is 5.15 Å². The second kappa shape index (κ2) is 7.46. The number of pyridine rings is 1. The normalized spacial score (nSPS) is 10.9. The average molecular weight is 336 g/mol. The summed E-state index contributed by atoms with van der Waals surface area (Å²) in [7, 11) is 0. The van der Waals surface area contributed by atoms with Gasteiger partial charge in [0, 0.05) is 23.6 Å². The van der Waals surface area contributed by atoms with Gasteiger partial charge in [-0.05, 0) is 38.3 Å². The quantitative estimate of drug-likeness (QED) is 0.787. The summed E-state index contributed by atoms with van der Waals surface area (Å²) in [5, 5.41) is 10.3. The highest BCUT2D eigenvalue weighted by Gasteiger charge is 2.14. The molecule has 0 aromatic carbocycles. The lowest BCUT2D eigenvalue weighted by atomic mass is 10.2. The van der Waals surface area contributed by atoms with Crippen molar-refractivity contribution >= 4 is 29.1 Å². The van der Waals surface area contributed by atoms with Crippen molar-refractivity contribution in [1.82, 2.24) is 14.8 Å². The topological polar surface area (TPSA) is 71.8 Å². The number of hydrogen-bond acceptors (Lipinski definition) is 3. The van der Waals surface area contributed by atoms with E-state index < -0.39 is 0 Å². The zero-order valence-corrected chi connectivity index (χ0v) is 14.6. The average Bonchev–Trinajstić information content (AvgIpc) is 2.85. The van der Waals surface area contributed by atoms with E-state index in [1.807, 2.05) is 24.6 Å². The van der Waals surface area contributed by atoms with Gasteiger partial charge in [0.05, 0.1) is 6.04 Å². The summed E-state index contributed by atoms with van der Waals surface area (Å²) in [6, 6.07) is 3.47. The maximum absolute atomic E-state index is 12.1. The minimum atomic E-state index is -0.357. The number of anilines is 2. The highest BCUT2D eigenvalue weighted by atomic mass is 35.5. The first-order chi connectivity index (χ1) is 10.9. The highest BCUT2D eigenvalue weighted by molar-refractivity contribution is 6.29. The van der Waals surface area contributed by atoms with Crippen molar-refractivity contribution in [2.45, 2.75) is 46.6 Å². The maximum Gasteiger partial charge on any atom is 0.324 e. The first-order valence-electron chi connectivity index (χ1n) is 7.70. The van der Waals surface area contributed by atoms with Gasteiger partial charge in [-0.1, -0.05) is 25.4 Å². The van der Waals surface area contributed by atoms with E-state index in [2.05, 4.69) is 34.6 Å². The number of carbonyl (C=O) groups excluding carboxylic acids is 1. The molecule has 2 rings (SSSR count). The van der Waals surface area contributed by atoms with Crippen molar-refractivity contribution in [3.63, 3.8) is 0 Å². The van der Waals surface area contributed by atoms with Gasteiger partial charge in [-0.3, -0.25) is 10.00 Å².